The molecule has 2 aromatic rings. The minimum atomic E-state index is -1.21. The topological polar surface area (TPSA) is 75.4 Å². The highest BCUT2D eigenvalue weighted by molar-refractivity contribution is 5.91. The van der Waals surface area contributed by atoms with Gasteiger partial charge in [0.1, 0.15) is 11.5 Å². The smallest absolute Gasteiger partial charge is 0.335 e. The molecule has 0 aliphatic carbocycles. The summed E-state index contributed by atoms with van der Waals surface area (Å²) in [6.07, 6.45) is 0. The van der Waals surface area contributed by atoms with E-state index in [4.69, 9.17) is 10.8 Å². The Morgan fingerprint density at radius 3 is 2.25 bits per heavy atom. The lowest BCUT2D eigenvalue weighted by atomic mass is 10.1. The van der Waals surface area contributed by atoms with Crippen LogP contribution in [0, 0.1) is 17.5 Å². The quantitative estimate of drug-likeness (QED) is 0.756. The Labute approximate surface area is 111 Å². The van der Waals surface area contributed by atoms with E-state index in [1.807, 2.05) is 0 Å². The standard InChI is InChI=1S/C13H9F3N2O2/c14-7-4-8(15)12(9(16)5-7)18-11-3-6(13(19)20)1-2-10(11)17/h1-5,18H,17H2,(H,19,20). The zero-order valence-electron chi connectivity index (χ0n) is 9.95. The molecule has 0 radical (unpaired) electrons. The van der Waals surface area contributed by atoms with Crippen molar-refractivity contribution in [2.75, 3.05) is 11.1 Å². The van der Waals surface area contributed by atoms with Gasteiger partial charge in [-0.1, -0.05) is 0 Å². The number of carboxylic acid groups (broad SMARTS) is 1. The van der Waals surface area contributed by atoms with Crippen molar-refractivity contribution in [2.45, 2.75) is 0 Å². The van der Waals surface area contributed by atoms with E-state index in [0.717, 1.165) is 6.07 Å². The molecule has 0 saturated heterocycles. The van der Waals surface area contributed by atoms with Crippen molar-refractivity contribution in [3.63, 3.8) is 0 Å². The molecule has 0 amide bonds. The number of hydrogen-bond donors (Lipinski definition) is 3. The van der Waals surface area contributed by atoms with Crippen LogP contribution in [0.4, 0.5) is 30.2 Å². The number of hydrogen-bond acceptors (Lipinski definition) is 3. The molecular formula is C13H9F3N2O2. The maximum atomic E-state index is 13.5. The van der Waals surface area contributed by atoms with E-state index in [1.165, 1.54) is 12.1 Å². The zero-order valence-corrected chi connectivity index (χ0v) is 9.95. The molecule has 0 heterocycles. The minimum absolute atomic E-state index is 0.00862. The largest absolute Gasteiger partial charge is 0.478 e. The van der Waals surface area contributed by atoms with Crippen LogP contribution < -0.4 is 11.1 Å². The van der Waals surface area contributed by atoms with Crippen LogP contribution in [0.15, 0.2) is 30.3 Å². The van der Waals surface area contributed by atoms with Gasteiger partial charge in [0.2, 0.25) is 0 Å². The third kappa shape index (κ3) is 2.66. The number of aromatic carboxylic acids is 1. The van der Waals surface area contributed by atoms with E-state index in [-0.39, 0.29) is 16.9 Å². The second-order valence-corrected chi connectivity index (χ2v) is 3.98. The number of nitrogens with two attached hydrogens (primary N) is 1. The highest BCUT2D eigenvalue weighted by atomic mass is 19.1. The molecule has 0 saturated carbocycles. The van der Waals surface area contributed by atoms with Crippen molar-refractivity contribution in [1.82, 2.24) is 0 Å². The molecule has 0 bridgehead atoms. The van der Waals surface area contributed by atoms with Gasteiger partial charge in [0.15, 0.2) is 11.6 Å². The lowest BCUT2D eigenvalue weighted by Crippen LogP contribution is -2.04. The Bertz CT molecular complexity index is 666. The summed E-state index contributed by atoms with van der Waals surface area (Å²) in [5, 5.41) is 11.2. The summed E-state index contributed by atoms with van der Waals surface area (Å²) < 4.78 is 39.8. The second-order valence-electron chi connectivity index (χ2n) is 3.98. The van der Waals surface area contributed by atoms with Crippen LogP contribution in [0.2, 0.25) is 0 Å². The van der Waals surface area contributed by atoms with Gasteiger partial charge in [-0.05, 0) is 18.2 Å². The first kappa shape index (κ1) is 13.7. The van der Waals surface area contributed by atoms with Gasteiger partial charge in [-0.3, -0.25) is 0 Å². The fourth-order valence-electron chi connectivity index (χ4n) is 1.59. The number of anilines is 3. The first-order valence-electron chi connectivity index (χ1n) is 5.43. The number of nitrogen functional groups attached to an aromatic ring is 1. The number of carboxylic acids is 1. The summed E-state index contributed by atoms with van der Waals surface area (Å²) in [6.45, 7) is 0. The average Bonchev–Trinajstić information content (AvgIpc) is 2.35. The van der Waals surface area contributed by atoms with Crippen molar-refractivity contribution in [3.05, 3.63) is 53.3 Å². The number of carbonyl (C=O) groups is 1. The van der Waals surface area contributed by atoms with Crippen LogP contribution in [-0.4, -0.2) is 11.1 Å². The Kier molecular flexibility index (Phi) is 3.51. The van der Waals surface area contributed by atoms with Gasteiger partial charge < -0.3 is 16.2 Å². The molecule has 7 heteroatoms. The molecular weight excluding hydrogens is 273 g/mol. The van der Waals surface area contributed by atoms with Crippen molar-refractivity contribution >= 4 is 23.0 Å². The maximum Gasteiger partial charge on any atom is 0.335 e. The molecule has 0 aliphatic rings. The van der Waals surface area contributed by atoms with Crippen molar-refractivity contribution in [2.24, 2.45) is 0 Å². The normalized spacial score (nSPS) is 10.3. The fraction of sp³-hybridized carbons (Fsp3) is 0. The molecule has 20 heavy (non-hydrogen) atoms. The maximum absolute atomic E-state index is 13.5. The summed E-state index contributed by atoms with van der Waals surface area (Å²) in [6, 6.07) is 4.66. The Hall–Kier alpha value is -2.70. The summed E-state index contributed by atoms with van der Waals surface area (Å²) >= 11 is 0. The molecule has 4 nitrogen and oxygen atoms in total. The number of rotatable bonds is 3. The van der Waals surface area contributed by atoms with Crippen LogP contribution in [0.25, 0.3) is 0 Å². The Morgan fingerprint density at radius 1 is 1.10 bits per heavy atom. The number of halogens is 3. The van der Waals surface area contributed by atoms with E-state index >= 15 is 0 Å². The number of benzene rings is 2. The highest BCUT2D eigenvalue weighted by Crippen LogP contribution is 2.28. The second kappa shape index (κ2) is 5.12. The summed E-state index contributed by atoms with van der Waals surface area (Å²) in [7, 11) is 0. The SMILES string of the molecule is Nc1ccc(C(=O)O)cc1Nc1c(F)cc(F)cc1F. The van der Waals surface area contributed by atoms with Gasteiger partial charge in [0, 0.05) is 12.1 Å². The van der Waals surface area contributed by atoms with Gasteiger partial charge in [0.05, 0.1) is 16.9 Å². The van der Waals surface area contributed by atoms with E-state index in [0.29, 0.717) is 12.1 Å². The predicted octanol–water partition coefficient (Wildman–Crippen LogP) is 3.13. The van der Waals surface area contributed by atoms with Gasteiger partial charge in [0.25, 0.3) is 0 Å². The average molecular weight is 282 g/mol. The van der Waals surface area contributed by atoms with Crippen LogP contribution >= 0.6 is 0 Å². The minimum Gasteiger partial charge on any atom is -0.478 e. The first-order valence-corrected chi connectivity index (χ1v) is 5.43. The number of nitrogens with one attached hydrogen (secondary N) is 1. The van der Waals surface area contributed by atoms with Gasteiger partial charge >= 0.3 is 5.97 Å². The fourth-order valence-corrected chi connectivity index (χ4v) is 1.59. The third-order valence-electron chi connectivity index (χ3n) is 2.57. The van der Waals surface area contributed by atoms with E-state index in [9.17, 15) is 18.0 Å². The lowest BCUT2D eigenvalue weighted by molar-refractivity contribution is 0.0697. The molecule has 2 aromatic carbocycles. The van der Waals surface area contributed by atoms with E-state index in [2.05, 4.69) is 5.32 Å². The molecule has 104 valence electrons. The van der Waals surface area contributed by atoms with Gasteiger partial charge in [-0.25, -0.2) is 18.0 Å². The lowest BCUT2D eigenvalue weighted by Gasteiger charge is -2.12. The van der Waals surface area contributed by atoms with Gasteiger partial charge in [-0.2, -0.15) is 0 Å². The molecule has 0 atom stereocenters. The molecule has 0 fully saturated rings. The first-order chi connectivity index (χ1) is 9.38. The van der Waals surface area contributed by atoms with E-state index < -0.39 is 29.1 Å². The Balaban J connectivity index is 2.45. The summed E-state index contributed by atoms with van der Waals surface area (Å²) in [5.74, 6) is -4.57. The molecule has 2 rings (SSSR count). The summed E-state index contributed by atoms with van der Waals surface area (Å²) in [5.41, 5.74) is 4.98. The van der Waals surface area contributed by atoms with Crippen LogP contribution in [-0.2, 0) is 0 Å². The zero-order chi connectivity index (χ0) is 14.9. The third-order valence-corrected chi connectivity index (χ3v) is 2.57. The monoisotopic (exact) mass is 282 g/mol. The van der Waals surface area contributed by atoms with Crippen molar-refractivity contribution in [1.29, 1.82) is 0 Å². The summed E-state index contributed by atoms with van der Waals surface area (Å²) in [4.78, 5) is 10.8. The van der Waals surface area contributed by atoms with Gasteiger partial charge in [-0.15, -0.1) is 0 Å². The molecule has 4 N–H and O–H groups in total. The van der Waals surface area contributed by atoms with E-state index in [1.54, 1.807) is 0 Å². The van der Waals surface area contributed by atoms with Crippen molar-refractivity contribution < 1.29 is 23.1 Å². The molecule has 0 aliphatic heterocycles. The predicted molar refractivity (Wildman–Crippen MR) is 67.4 cm³/mol. The van der Waals surface area contributed by atoms with Crippen molar-refractivity contribution in [3.8, 4) is 0 Å². The Morgan fingerprint density at radius 2 is 1.70 bits per heavy atom. The highest BCUT2D eigenvalue weighted by Gasteiger charge is 2.14. The van der Waals surface area contributed by atoms with Crippen LogP contribution in [0.1, 0.15) is 10.4 Å². The molecule has 0 aromatic heterocycles. The van der Waals surface area contributed by atoms with Crippen LogP contribution in [0.5, 0.6) is 0 Å². The van der Waals surface area contributed by atoms with Crippen LogP contribution in [0.3, 0.4) is 0 Å². The molecule has 0 spiro atoms. The molecule has 0 unspecified atom stereocenters.